The zero-order chi connectivity index (χ0) is 14.5. The van der Waals surface area contributed by atoms with Gasteiger partial charge in [0, 0.05) is 16.1 Å². The van der Waals surface area contributed by atoms with Gasteiger partial charge in [0.15, 0.2) is 0 Å². The summed E-state index contributed by atoms with van der Waals surface area (Å²) in [6.07, 6.45) is 9.17. The van der Waals surface area contributed by atoms with Crippen molar-refractivity contribution in [1.29, 1.82) is 0 Å². The summed E-state index contributed by atoms with van der Waals surface area (Å²) >= 11 is 12.2. The number of nitrogens with two attached hydrogens (primary N) is 1. The first-order valence-electron chi connectivity index (χ1n) is 7.82. The van der Waals surface area contributed by atoms with Gasteiger partial charge >= 0.3 is 0 Å². The van der Waals surface area contributed by atoms with Crippen molar-refractivity contribution in [2.75, 3.05) is 0 Å². The average molecular weight is 314 g/mol. The molecule has 0 spiro atoms. The molecule has 0 bridgehead atoms. The molecular formula is C17H25Cl2N. The normalized spacial score (nSPS) is 24.6. The largest absolute Gasteiger partial charge is 0.324 e. The van der Waals surface area contributed by atoms with E-state index >= 15 is 0 Å². The second-order valence-electron chi connectivity index (χ2n) is 6.11. The Morgan fingerprint density at radius 3 is 2.50 bits per heavy atom. The number of hydrogen-bond donors (Lipinski definition) is 1. The van der Waals surface area contributed by atoms with Crippen LogP contribution in [0.1, 0.15) is 63.5 Å². The van der Waals surface area contributed by atoms with Crippen LogP contribution in [0.15, 0.2) is 18.2 Å². The Hall–Kier alpha value is -0.240. The Kier molecular flexibility index (Phi) is 6.20. The van der Waals surface area contributed by atoms with Crippen molar-refractivity contribution in [2.45, 2.75) is 57.9 Å². The van der Waals surface area contributed by atoms with E-state index in [9.17, 15) is 0 Å². The summed E-state index contributed by atoms with van der Waals surface area (Å²) in [4.78, 5) is 0. The van der Waals surface area contributed by atoms with Crippen LogP contribution in [0, 0.1) is 11.8 Å². The molecule has 1 unspecified atom stereocenters. The minimum atomic E-state index is 0.0480. The molecule has 0 saturated heterocycles. The second kappa shape index (κ2) is 7.68. The van der Waals surface area contributed by atoms with Gasteiger partial charge in [-0.3, -0.25) is 0 Å². The van der Waals surface area contributed by atoms with E-state index in [0.717, 1.165) is 11.5 Å². The molecule has 2 N–H and O–H groups in total. The summed E-state index contributed by atoms with van der Waals surface area (Å²) < 4.78 is 0. The highest BCUT2D eigenvalue weighted by Crippen LogP contribution is 2.39. The van der Waals surface area contributed by atoms with E-state index in [4.69, 9.17) is 28.9 Å². The molecular weight excluding hydrogens is 289 g/mol. The van der Waals surface area contributed by atoms with Gasteiger partial charge in [0.2, 0.25) is 0 Å². The van der Waals surface area contributed by atoms with E-state index in [1.807, 2.05) is 12.1 Å². The SMILES string of the molecule is CCCCC1CCC(C(N)c2ccc(Cl)cc2Cl)CC1. The maximum absolute atomic E-state index is 6.44. The summed E-state index contributed by atoms with van der Waals surface area (Å²) in [5.41, 5.74) is 7.49. The predicted molar refractivity (Wildman–Crippen MR) is 88.4 cm³/mol. The summed E-state index contributed by atoms with van der Waals surface area (Å²) in [5.74, 6) is 1.48. The first kappa shape index (κ1) is 16.1. The summed E-state index contributed by atoms with van der Waals surface area (Å²) in [6, 6.07) is 5.71. The van der Waals surface area contributed by atoms with Crippen molar-refractivity contribution in [3.05, 3.63) is 33.8 Å². The first-order chi connectivity index (χ1) is 9.61. The molecule has 1 saturated carbocycles. The molecule has 1 fully saturated rings. The van der Waals surface area contributed by atoms with Gasteiger partial charge in [-0.2, -0.15) is 0 Å². The molecule has 1 aromatic rings. The van der Waals surface area contributed by atoms with Crippen molar-refractivity contribution in [3.8, 4) is 0 Å². The standard InChI is InChI=1S/C17H25Cl2N/c1-2-3-4-12-5-7-13(8-6-12)17(20)15-10-9-14(18)11-16(15)19/h9-13,17H,2-8,20H2,1H3. The average Bonchev–Trinajstić information content (AvgIpc) is 2.45. The second-order valence-corrected chi connectivity index (χ2v) is 6.96. The molecule has 0 radical (unpaired) electrons. The lowest BCUT2D eigenvalue weighted by Crippen LogP contribution is -2.26. The van der Waals surface area contributed by atoms with Gasteiger partial charge in [-0.25, -0.2) is 0 Å². The molecule has 0 aliphatic heterocycles. The third-order valence-corrected chi connectivity index (χ3v) is 5.25. The van der Waals surface area contributed by atoms with Gasteiger partial charge in [0.25, 0.3) is 0 Å². The fraction of sp³-hybridized carbons (Fsp3) is 0.647. The van der Waals surface area contributed by atoms with Gasteiger partial charge < -0.3 is 5.73 Å². The topological polar surface area (TPSA) is 26.0 Å². The van der Waals surface area contributed by atoms with E-state index in [2.05, 4.69) is 6.92 Å². The molecule has 0 amide bonds. The Morgan fingerprint density at radius 2 is 1.90 bits per heavy atom. The van der Waals surface area contributed by atoms with Gasteiger partial charge in [-0.05, 0) is 42.4 Å². The van der Waals surface area contributed by atoms with E-state index < -0.39 is 0 Å². The molecule has 20 heavy (non-hydrogen) atoms. The molecule has 0 heterocycles. The molecule has 3 heteroatoms. The molecule has 1 aliphatic carbocycles. The molecule has 0 aromatic heterocycles. The van der Waals surface area contributed by atoms with Crippen LogP contribution < -0.4 is 5.73 Å². The van der Waals surface area contributed by atoms with Crippen molar-refractivity contribution in [1.82, 2.24) is 0 Å². The number of benzene rings is 1. The maximum atomic E-state index is 6.44. The quantitative estimate of drug-likeness (QED) is 0.709. The van der Waals surface area contributed by atoms with Crippen molar-refractivity contribution in [3.63, 3.8) is 0 Å². The zero-order valence-corrected chi connectivity index (χ0v) is 13.8. The van der Waals surface area contributed by atoms with E-state index in [0.29, 0.717) is 16.0 Å². The Labute approximate surface area is 132 Å². The molecule has 1 nitrogen and oxygen atoms in total. The van der Waals surface area contributed by atoms with Crippen LogP contribution in [-0.2, 0) is 0 Å². The van der Waals surface area contributed by atoms with Crippen molar-refractivity contribution in [2.24, 2.45) is 17.6 Å². The summed E-state index contributed by atoms with van der Waals surface area (Å²) in [6.45, 7) is 2.27. The molecule has 112 valence electrons. The van der Waals surface area contributed by atoms with E-state index in [-0.39, 0.29) is 6.04 Å². The zero-order valence-electron chi connectivity index (χ0n) is 12.2. The van der Waals surface area contributed by atoms with Crippen LogP contribution in [0.4, 0.5) is 0 Å². The summed E-state index contributed by atoms with van der Waals surface area (Å²) in [5, 5.41) is 1.38. The lowest BCUT2D eigenvalue weighted by Gasteiger charge is -2.32. The number of rotatable bonds is 5. The van der Waals surface area contributed by atoms with Gasteiger partial charge in [0.1, 0.15) is 0 Å². The minimum absolute atomic E-state index is 0.0480. The minimum Gasteiger partial charge on any atom is -0.324 e. The Bertz CT molecular complexity index is 425. The summed E-state index contributed by atoms with van der Waals surface area (Å²) in [7, 11) is 0. The lowest BCUT2D eigenvalue weighted by molar-refractivity contribution is 0.232. The Morgan fingerprint density at radius 1 is 1.20 bits per heavy atom. The van der Waals surface area contributed by atoms with Gasteiger partial charge in [0.05, 0.1) is 0 Å². The number of hydrogen-bond acceptors (Lipinski definition) is 1. The fourth-order valence-electron chi connectivity index (χ4n) is 3.35. The highest BCUT2D eigenvalue weighted by Gasteiger charge is 2.27. The number of unbranched alkanes of at least 4 members (excludes halogenated alkanes) is 1. The first-order valence-corrected chi connectivity index (χ1v) is 8.58. The van der Waals surface area contributed by atoms with Crippen LogP contribution in [0.3, 0.4) is 0 Å². The highest BCUT2D eigenvalue weighted by atomic mass is 35.5. The van der Waals surface area contributed by atoms with Crippen LogP contribution in [0.5, 0.6) is 0 Å². The van der Waals surface area contributed by atoms with E-state index in [1.165, 1.54) is 44.9 Å². The molecule has 2 rings (SSSR count). The fourth-order valence-corrected chi connectivity index (χ4v) is 3.89. The van der Waals surface area contributed by atoms with Crippen LogP contribution in [0.25, 0.3) is 0 Å². The third-order valence-electron chi connectivity index (χ3n) is 4.69. The van der Waals surface area contributed by atoms with E-state index in [1.54, 1.807) is 6.07 Å². The Balaban J connectivity index is 1.92. The molecule has 1 atom stereocenters. The highest BCUT2D eigenvalue weighted by molar-refractivity contribution is 6.35. The van der Waals surface area contributed by atoms with Crippen LogP contribution >= 0.6 is 23.2 Å². The lowest BCUT2D eigenvalue weighted by atomic mass is 9.75. The van der Waals surface area contributed by atoms with Gasteiger partial charge in [-0.1, -0.05) is 68.3 Å². The van der Waals surface area contributed by atoms with Crippen LogP contribution in [0.2, 0.25) is 10.0 Å². The maximum Gasteiger partial charge on any atom is 0.0468 e. The van der Waals surface area contributed by atoms with Crippen molar-refractivity contribution >= 4 is 23.2 Å². The predicted octanol–water partition coefficient (Wildman–Crippen LogP) is 5.99. The molecule has 1 aliphatic rings. The monoisotopic (exact) mass is 313 g/mol. The van der Waals surface area contributed by atoms with Crippen LogP contribution in [-0.4, -0.2) is 0 Å². The molecule has 1 aromatic carbocycles. The smallest absolute Gasteiger partial charge is 0.0468 e. The van der Waals surface area contributed by atoms with Gasteiger partial charge in [-0.15, -0.1) is 0 Å². The van der Waals surface area contributed by atoms with Crippen molar-refractivity contribution < 1.29 is 0 Å². The third kappa shape index (κ3) is 4.13. The number of halogens is 2.